The molecule has 0 fully saturated rings. The van der Waals surface area contributed by atoms with Gasteiger partial charge in [-0.1, -0.05) is 54.9 Å². The third-order valence-corrected chi connectivity index (χ3v) is 7.56. The lowest BCUT2D eigenvalue weighted by Crippen LogP contribution is -2.51. The van der Waals surface area contributed by atoms with Crippen molar-refractivity contribution >= 4 is 0 Å². The molecule has 0 saturated heterocycles. The second kappa shape index (κ2) is 8.76. The first kappa shape index (κ1) is 23.8. The van der Waals surface area contributed by atoms with E-state index in [-0.39, 0.29) is 18.8 Å². The summed E-state index contributed by atoms with van der Waals surface area (Å²) in [5.74, 6) is -9.33. The molecule has 0 amide bonds. The minimum absolute atomic E-state index is 0.0431. The van der Waals surface area contributed by atoms with E-state index < -0.39 is 34.8 Å². The highest BCUT2D eigenvalue weighted by Gasteiger charge is 2.44. The highest BCUT2D eigenvalue weighted by molar-refractivity contribution is 5.66. The third kappa shape index (κ3) is 3.67. The smallest absolute Gasteiger partial charge is 0.304 e. The number of hydrogen-bond acceptors (Lipinski definition) is 2. The van der Waals surface area contributed by atoms with Crippen LogP contribution < -0.4 is 4.57 Å². The van der Waals surface area contributed by atoms with Crippen LogP contribution in [0.5, 0.6) is 0 Å². The topological polar surface area (TPSA) is 30.9 Å². The average Bonchev–Trinajstić information content (AvgIpc) is 3.51. The fourth-order valence-corrected chi connectivity index (χ4v) is 5.29. The quantitative estimate of drug-likeness (QED) is 0.144. The van der Waals surface area contributed by atoms with Crippen LogP contribution in [0.2, 0.25) is 0 Å². The van der Waals surface area contributed by atoms with Crippen LogP contribution in [0.15, 0.2) is 48.8 Å². The van der Waals surface area contributed by atoms with Crippen LogP contribution in [0.25, 0.3) is 16.8 Å². The van der Waals surface area contributed by atoms with E-state index in [0.29, 0.717) is 22.8 Å². The number of nitrogens with zero attached hydrogens (tertiary/aromatic N) is 3. The Morgan fingerprint density at radius 2 is 1.59 bits per heavy atom. The van der Waals surface area contributed by atoms with E-state index in [4.69, 9.17) is 4.74 Å². The van der Waals surface area contributed by atoms with Crippen molar-refractivity contribution in [3.05, 3.63) is 100 Å². The number of halogens is 5. The molecule has 0 N–H and O–H groups in total. The molecule has 3 atom stereocenters. The van der Waals surface area contributed by atoms with Crippen LogP contribution in [0.4, 0.5) is 22.0 Å². The summed E-state index contributed by atoms with van der Waals surface area (Å²) in [6.07, 6.45) is 2.72. The molecule has 4 nitrogen and oxygen atoms in total. The van der Waals surface area contributed by atoms with Crippen molar-refractivity contribution in [3.8, 4) is 16.8 Å². The van der Waals surface area contributed by atoms with Gasteiger partial charge in [0.15, 0.2) is 0 Å². The van der Waals surface area contributed by atoms with Gasteiger partial charge in [0.25, 0.3) is 0 Å². The highest BCUT2D eigenvalue weighted by Crippen LogP contribution is 2.38. The lowest BCUT2D eigenvalue weighted by Gasteiger charge is -2.23. The maximum absolute atomic E-state index is 14.5. The summed E-state index contributed by atoms with van der Waals surface area (Å²) in [6, 6.07) is 14.3. The van der Waals surface area contributed by atoms with Crippen LogP contribution in [0, 0.1) is 29.1 Å². The Hall–Kier alpha value is -3.59. The molecule has 6 rings (SSSR count). The van der Waals surface area contributed by atoms with Gasteiger partial charge in [-0.15, -0.1) is 0 Å². The summed E-state index contributed by atoms with van der Waals surface area (Å²) in [7, 11) is 0. The van der Waals surface area contributed by atoms with Crippen molar-refractivity contribution in [1.82, 2.24) is 9.78 Å². The van der Waals surface area contributed by atoms with Gasteiger partial charge in [-0.3, -0.25) is 0 Å². The summed E-state index contributed by atoms with van der Waals surface area (Å²) in [4.78, 5) is 0. The fourth-order valence-electron chi connectivity index (χ4n) is 5.29. The van der Waals surface area contributed by atoms with Gasteiger partial charge in [0, 0.05) is 11.5 Å². The zero-order chi connectivity index (χ0) is 26.0. The van der Waals surface area contributed by atoms with E-state index in [1.54, 1.807) is 4.57 Å². The molecule has 1 unspecified atom stereocenters. The van der Waals surface area contributed by atoms with Crippen molar-refractivity contribution in [2.45, 2.75) is 51.4 Å². The molecular weight excluding hydrogens is 489 g/mol. The van der Waals surface area contributed by atoms with Gasteiger partial charge >= 0.3 is 5.82 Å². The number of benzene rings is 3. The van der Waals surface area contributed by atoms with Crippen LogP contribution in [0.1, 0.15) is 54.7 Å². The van der Waals surface area contributed by atoms with Crippen molar-refractivity contribution in [2.24, 2.45) is 0 Å². The SMILES string of the molecule is CCC(C)c1ccc(-c2ccc3c(c2)[C@@H]2[C@H](C3)OCc3nn(-c4c(F)c(F)c(F)c(F)c4F)c[n+]32)cc1. The van der Waals surface area contributed by atoms with Crippen molar-refractivity contribution in [3.63, 3.8) is 0 Å². The molecule has 1 aliphatic carbocycles. The van der Waals surface area contributed by atoms with Crippen molar-refractivity contribution < 1.29 is 31.3 Å². The third-order valence-electron chi connectivity index (χ3n) is 7.56. The Labute approximate surface area is 209 Å². The molecule has 3 aromatic carbocycles. The van der Waals surface area contributed by atoms with Crippen LogP contribution in [-0.4, -0.2) is 15.9 Å². The van der Waals surface area contributed by atoms with E-state index in [2.05, 4.69) is 55.3 Å². The first-order valence-electron chi connectivity index (χ1n) is 12.1. The van der Waals surface area contributed by atoms with Crippen LogP contribution in [0.3, 0.4) is 0 Å². The summed E-state index contributed by atoms with van der Waals surface area (Å²) >= 11 is 0. The Kier molecular flexibility index (Phi) is 5.63. The Bertz CT molecular complexity index is 1500. The Balaban J connectivity index is 1.41. The highest BCUT2D eigenvalue weighted by atomic mass is 19.2. The molecule has 190 valence electrons. The lowest BCUT2D eigenvalue weighted by atomic mass is 9.94. The minimum Gasteiger partial charge on any atom is -0.363 e. The number of fused-ring (bicyclic) bond motifs is 5. The second-order valence-corrected chi connectivity index (χ2v) is 9.65. The average molecular weight is 513 g/mol. The van der Waals surface area contributed by atoms with Crippen LogP contribution in [-0.2, 0) is 17.8 Å². The molecule has 0 radical (unpaired) electrons. The summed E-state index contributed by atoms with van der Waals surface area (Å²) in [5.41, 5.74) is 4.25. The van der Waals surface area contributed by atoms with Gasteiger partial charge in [-0.05, 0) is 46.2 Å². The zero-order valence-corrected chi connectivity index (χ0v) is 20.1. The molecule has 0 saturated carbocycles. The number of ether oxygens (including phenoxy) is 1. The van der Waals surface area contributed by atoms with Gasteiger partial charge in [0.05, 0.1) is 0 Å². The summed E-state index contributed by atoms with van der Waals surface area (Å²) in [5, 5.41) is 4.12. The standard InChI is InChI=1S/C28H23F5N3O/c1-3-14(2)15-4-6-16(7-5-15)17-8-9-18-11-20-27(19(18)10-17)35-13-36(34-21(35)12-37-20)28-25(32)23(30)22(29)24(31)26(28)33/h4-10,13-14,20,27H,3,11-12H2,1-2H3/q+1/t14?,20-,27+/m0/s1. The van der Waals surface area contributed by atoms with Gasteiger partial charge in [-0.2, -0.15) is 8.78 Å². The summed E-state index contributed by atoms with van der Waals surface area (Å²) in [6.45, 7) is 4.39. The molecule has 9 heteroatoms. The monoisotopic (exact) mass is 512 g/mol. The molecule has 2 heterocycles. The van der Waals surface area contributed by atoms with Gasteiger partial charge in [0.2, 0.25) is 41.1 Å². The predicted molar refractivity (Wildman–Crippen MR) is 125 cm³/mol. The number of rotatable bonds is 4. The van der Waals surface area contributed by atoms with E-state index in [1.165, 1.54) is 11.9 Å². The van der Waals surface area contributed by atoms with Crippen molar-refractivity contribution in [2.75, 3.05) is 0 Å². The molecule has 1 aliphatic heterocycles. The first-order chi connectivity index (χ1) is 17.8. The van der Waals surface area contributed by atoms with E-state index >= 15 is 0 Å². The second-order valence-electron chi connectivity index (χ2n) is 9.65. The molecule has 1 aromatic heterocycles. The molecule has 2 aliphatic rings. The predicted octanol–water partition coefficient (Wildman–Crippen LogP) is 6.08. The number of aromatic nitrogens is 3. The van der Waals surface area contributed by atoms with E-state index in [0.717, 1.165) is 28.7 Å². The maximum atomic E-state index is 14.5. The van der Waals surface area contributed by atoms with Crippen LogP contribution >= 0.6 is 0 Å². The van der Waals surface area contributed by atoms with Gasteiger partial charge in [-0.25, -0.2) is 17.7 Å². The van der Waals surface area contributed by atoms with Gasteiger partial charge < -0.3 is 4.74 Å². The van der Waals surface area contributed by atoms with E-state index in [9.17, 15) is 22.0 Å². The Morgan fingerprint density at radius 1 is 0.946 bits per heavy atom. The largest absolute Gasteiger partial charge is 0.363 e. The van der Waals surface area contributed by atoms with Gasteiger partial charge in [0.1, 0.15) is 18.8 Å². The number of hydrogen-bond donors (Lipinski definition) is 0. The zero-order valence-electron chi connectivity index (χ0n) is 20.1. The fraction of sp³-hybridized carbons (Fsp3) is 0.286. The van der Waals surface area contributed by atoms with E-state index in [1.807, 2.05) is 6.07 Å². The first-order valence-corrected chi connectivity index (χ1v) is 12.1. The molecule has 4 aromatic rings. The molecule has 0 bridgehead atoms. The minimum atomic E-state index is -2.21. The molecular formula is C28H23F5N3O+. The Morgan fingerprint density at radius 3 is 2.27 bits per heavy atom. The maximum Gasteiger partial charge on any atom is 0.304 e. The van der Waals surface area contributed by atoms with Crippen molar-refractivity contribution in [1.29, 1.82) is 0 Å². The summed E-state index contributed by atoms with van der Waals surface area (Å²) < 4.78 is 78.6. The lowest BCUT2D eigenvalue weighted by molar-refractivity contribution is -0.739. The molecule has 37 heavy (non-hydrogen) atoms. The normalized spacial score (nSPS) is 18.9. The molecule has 0 spiro atoms.